The molecule has 25 heavy (non-hydrogen) atoms. The van der Waals surface area contributed by atoms with Gasteiger partial charge < -0.3 is 19.3 Å². The maximum absolute atomic E-state index is 12.6. The molecule has 2 aliphatic heterocycles. The fourth-order valence-corrected chi connectivity index (χ4v) is 3.18. The summed E-state index contributed by atoms with van der Waals surface area (Å²) in [6.45, 7) is 8.63. The molecule has 0 aliphatic carbocycles. The molecule has 2 amide bonds. The molecule has 1 aromatic rings. The molecular formula is C19H26N2O4. The van der Waals surface area contributed by atoms with Gasteiger partial charge in [-0.25, -0.2) is 0 Å². The van der Waals surface area contributed by atoms with Crippen LogP contribution in [-0.4, -0.2) is 54.6 Å². The van der Waals surface area contributed by atoms with Crippen molar-refractivity contribution in [3.63, 3.8) is 0 Å². The summed E-state index contributed by atoms with van der Waals surface area (Å²) in [6.07, 6.45) is 1.15. The first-order valence-corrected chi connectivity index (χ1v) is 8.80. The minimum absolute atomic E-state index is 0.0870. The fraction of sp³-hybridized carbons (Fsp3) is 0.579. The average molecular weight is 346 g/mol. The van der Waals surface area contributed by atoms with Crippen molar-refractivity contribution in [2.24, 2.45) is 5.41 Å². The van der Waals surface area contributed by atoms with Crippen LogP contribution < -0.4 is 9.47 Å². The van der Waals surface area contributed by atoms with Gasteiger partial charge in [0.15, 0.2) is 11.5 Å². The van der Waals surface area contributed by atoms with Gasteiger partial charge in [0.25, 0.3) is 0 Å². The Morgan fingerprint density at radius 1 is 1.00 bits per heavy atom. The number of amides is 2. The molecule has 0 N–H and O–H groups in total. The first-order chi connectivity index (χ1) is 11.8. The van der Waals surface area contributed by atoms with Crippen LogP contribution in [0.15, 0.2) is 18.2 Å². The summed E-state index contributed by atoms with van der Waals surface area (Å²) < 4.78 is 10.7. The third kappa shape index (κ3) is 4.06. The van der Waals surface area contributed by atoms with Gasteiger partial charge in [0.05, 0.1) is 6.42 Å². The Kier molecular flexibility index (Phi) is 4.88. The van der Waals surface area contributed by atoms with Crippen molar-refractivity contribution in [1.82, 2.24) is 9.80 Å². The van der Waals surface area contributed by atoms with E-state index in [1.807, 2.05) is 48.8 Å². The average Bonchev–Trinajstić information content (AvgIpc) is 2.87. The Balaban J connectivity index is 1.59. The number of fused-ring (bicyclic) bond motifs is 1. The predicted octanol–water partition coefficient (Wildman–Crippen LogP) is 2.06. The quantitative estimate of drug-likeness (QED) is 0.822. The molecule has 0 unspecified atom stereocenters. The zero-order chi connectivity index (χ0) is 18.0. The van der Waals surface area contributed by atoms with E-state index in [-0.39, 0.29) is 24.0 Å². The highest BCUT2D eigenvalue weighted by Gasteiger charge is 2.29. The summed E-state index contributed by atoms with van der Waals surface area (Å²) in [5.41, 5.74) is 0.534. The highest BCUT2D eigenvalue weighted by Crippen LogP contribution is 2.32. The molecule has 0 aromatic heterocycles. The molecule has 0 spiro atoms. The van der Waals surface area contributed by atoms with Crippen LogP contribution in [-0.2, 0) is 16.0 Å². The highest BCUT2D eigenvalue weighted by molar-refractivity contribution is 5.82. The summed E-state index contributed by atoms with van der Waals surface area (Å²) in [6, 6.07) is 5.61. The van der Waals surface area contributed by atoms with Crippen LogP contribution in [0.3, 0.4) is 0 Å². The van der Waals surface area contributed by atoms with Gasteiger partial charge in [0, 0.05) is 31.6 Å². The topological polar surface area (TPSA) is 59.1 Å². The van der Waals surface area contributed by atoms with E-state index in [9.17, 15) is 9.59 Å². The van der Waals surface area contributed by atoms with E-state index in [1.54, 1.807) is 0 Å². The first-order valence-electron chi connectivity index (χ1n) is 8.80. The van der Waals surface area contributed by atoms with Gasteiger partial charge in [-0.3, -0.25) is 9.59 Å². The summed E-state index contributed by atoms with van der Waals surface area (Å²) in [5.74, 6) is 1.66. The van der Waals surface area contributed by atoms with Gasteiger partial charge in [-0.1, -0.05) is 26.8 Å². The second kappa shape index (κ2) is 6.94. The second-order valence-electron chi connectivity index (χ2n) is 7.64. The number of hydrogen-bond acceptors (Lipinski definition) is 4. The van der Waals surface area contributed by atoms with Gasteiger partial charge in [0.1, 0.15) is 0 Å². The van der Waals surface area contributed by atoms with E-state index >= 15 is 0 Å². The van der Waals surface area contributed by atoms with Gasteiger partial charge in [-0.05, 0) is 24.1 Å². The van der Waals surface area contributed by atoms with Crippen molar-refractivity contribution in [2.45, 2.75) is 33.6 Å². The molecule has 6 nitrogen and oxygen atoms in total. The van der Waals surface area contributed by atoms with Gasteiger partial charge in [-0.2, -0.15) is 0 Å². The van der Waals surface area contributed by atoms with Crippen LogP contribution in [0.5, 0.6) is 11.5 Å². The van der Waals surface area contributed by atoms with E-state index in [2.05, 4.69) is 0 Å². The maximum atomic E-state index is 12.6. The third-order valence-electron chi connectivity index (χ3n) is 4.57. The van der Waals surface area contributed by atoms with Crippen LogP contribution in [0.25, 0.3) is 0 Å². The van der Waals surface area contributed by atoms with E-state index in [1.165, 1.54) is 0 Å². The molecule has 0 saturated carbocycles. The molecule has 2 aliphatic rings. The fourth-order valence-electron chi connectivity index (χ4n) is 3.18. The normalized spacial score (nSPS) is 17.4. The van der Waals surface area contributed by atoms with Crippen molar-refractivity contribution in [3.05, 3.63) is 23.8 Å². The Labute approximate surface area is 148 Å². The number of rotatable bonds is 2. The zero-order valence-corrected chi connectivity index (χ0v) is 15.2. The van der Waals surface area contributed by atoms with Crippen molar-refractivity contribution < 1.29 is 19.1 Å². The molecule has 0 radical (unpaired) electrons. The molecule has 1 aromatic carbocycles. The summed E-state index contributed by atoms with van der Waals surface area (Å²) in [7, 11) is 0. The maximum Gasteiger partial charge on any atom is 0.231 e. The van der Waals surface area contributed by atoms with Gasteiger partial charge in [0.2, 0.25) is 18.6 Å². The molecule has 3 rings (SSSR count). The SMILES string of the molecule is CC(C)(C)C(=O)N1CCCN(C(=O)Cc2ccc3c(c2)OCO3)CC1. The van der Waals surface area contributed by atoms with Crippen LogP contribution in [0.2, 0.25) is 0 Å². The largest absolute Gasteiger partial charge is 0.454 e. The highest BCUT2D eigenvalue weighted by atomic mass is 16.7. The van der Waals surface area contributed by atoms with E-state index in [0.717, 1.165) is 17.7 Å². The number of nitrogens with zero attached hydrogens (tertiary/aromatic N) is 2. The zero-order valence-electron chi connectivity index (χ0n) is 15.2. The molecular weight excluding hydrogens is 320 g/mol. The van der Waals surface area contributed by atoms with Crippen molar-refractivity contribution in [2.75, 3.05) is 33.0 Å². The van der Waals surface area contributed by atoms with Crippen molar-refractivity contribution in [3.8, 4) is 11.5 Å². The molecule has 0 atom stereocenters. The Hall–Kier alpha value is -2.24. The number of carbonyl (C=O) groups is 2. The number of benzene rings is 1. The Bertz CT molecular complexity index is 666. The summed E-state index contributed by atoms with van der Waals surface area (Å²) in [4.78, 5) is 28.8. The van der Waals surface area contributed by atoms with Crippen LogP contribution in [0, 0.1) is 5.41 Å². The first kappa shape index (κ1) is 17.6. The van der Waals surface area contributed by atoms with Crippen LogP contribution >= 0.6 is 0 Å². The number of carbonyl (C=O) groups excluding carboxylic acids is 2. The van der Waals surface area contributed by atoms with Crippen molar-refractivity contribution >= 4 is 11.8 Å². The van der Waals surface area contributed by atoms with Gasteiger partial charge >= 0.3 is 0 Å². The minimum Gasteiger partial charge on any atom is -0.454 e. The predicted molar refractivity (Wildman–Crippen MR) is 93.5 cm³/mol. The summed E-state index contributed by atoms with van der Waals surface area (Å²) >= 11 is 0. The molecule has 0 bridgehead atoms. The van der Waals surface area contributed by atoms with E-state index in [0.29, 0.717) is 38.3 Å². The van der Waals surface area contributed by atoms with Crippen LogP contribution in [0.4, 0.5) is 0 Å². The smallest absolute Gasteiger partial charge is 0.231 e. The molecule has 136 valence electrons. The molecule has 6 heteroatoms. The van der Waals surface area contributed by atoms with E-state index in [4.69, 9.17) is 9.47 Å². The van der Waals surface area contributed by atoms with E-state index < -0.39 is 0 Å². The monoisotopic (exact) mass is 346 g/mol. The molecule has 1 saturated heterocycles. The lowest BCUT2D eigenvalue weighted by Gasteiger charge is -2.28. The molecule has 2 heterocycles. The minimum atomic E-state index is -0.383. The standard InChI is InChI=1S/C19H26N2O4/c1-19(2,3)18(23)21-8-4-7-20(9-10-21)17(22)12-14-5-6-15-16(11-14)25-13-24-15/h5-6,11H,4,7-10,12-13H2,1-3H3. The lowest BCUT2D eigenvalue weighted by atomic mass is 9.94. The Morgan fingerprint density at radius 3 is 2.44 bits per heavy atom. The summed E-state index contributed by atoms with van der Waals surface area (Å²) in [5, 5.41) is 0. The van der Waals surface area contributed by atoms with Crippen molar-refractivity contribution in [1.29, 1.82) is 0 Å². The lowest BCUT2D eigenvalue weighted by molar-refractivity contribution is -0.139. The lowest BCUT2D eigenvalue weighted by Crippen LogP contribution is -2.42. The molecule has 1 fully saturated rings. The number of hydrogen-bond donors (Lipinski definition) is 0. The third-order valence-corrected chi connectivity index (χ3v) is 4.57. The number of ether oxygens (including phenoxy) is 2. The van der Waals surface area contributed by atoms with Gasteiger partial charge in [-0.15, -0.1) is 0 Å². The van der Waals surface area contributed by atoms with Crippen LogP contribution in [0.1, 0.15) is 32.8 Å². The second-order valence-corrected chi connectivity index (χ2v) is 7.64. The Morgan fingerprint density at radius 2 is 1.68 bits per heavy atom.